The Hall–Kier alpha value is 0.180. The largest absolute Gasteiger partial charge is 0.312 e. The van der Waals surface area contributed by atoms with Crippen molar-refractivity contribution < 1.29 is 0 Å². The molecule has 0 aromatic rings. The molecule has 0 saturated heterocycles. The molecule has 0 spiro atoms. The molecule has 0 heterocycles. The van der Waals surface area contributed by atoms with Crippen molar-refractivity contribution in [3.05, 3.63) is 11.1 Å². The molecule has 0 atom stereocenters. The van der Waals surface area contributed by atoms with Crippen LogP contribution in [-0.2, 0) is 0 Å². The first-order valence-corrected chi connectivity index (χ1v) is 4.62. The van der Waals surface area contributed by atoms with Crippen molar-refractivity contribution in [2.24, 2.45) is 5.92 Å². The first-order valence-electron chi connectivity index (χ1n) is 3.83. The van der Waals surface area contributed by atoms with E-state index >= 15 is 0 Å². The molecule has 0 bridgehead atoms. The minimum Gasteiger partial charge on any atom is -0.312 e. The Balaban J connectivity index is 1.80. The molecule has 1 N–H and O–H groups in total. The number of rotatable bonds is 5. The minimum absolute atomic E-state index is 0.909. The van der Waals surface area contributed by atoms with Crippen molar-refractivity contribution in [1.82, 2.24) is 5.32 Å². The third-order valence-electron chi connectivity index (χ3n) is 1.74. The van der Waals surface area contributed by atoms with Crippen molar-refractivity contribution >= 4 is 15.9 Å². The molecule has 1 rings (SSSR count). The second-order valence-electron chi connectivity index (χ2n) is 2.93. The highest BCUT2D eigenvalue weighted by molar-refractivity contribution is 9.11. The van der Waals surface area contributed by atoms with Gasteiger partial charge in [-0.1, -0.05) is 35.4 Å². The molecule has 58 valence electrons. The molecule has 10 heavy (non-hydrogen) atoms. The number of nitrogens with one attached hydrogen (secondary N) is 1. The highest BCUT2D eigenvalue weighted by Crippen LogP contribution is 2.31. The van der Waals surface area contributed by atoms with Crippen LogP contribution in [0.3, 0.4) is 0 Å². The molecule has 0 unspecified atom stereocenters. The quantitative estimate of drug-likeness (QED) is 0.677. The fourth-order valence-electron chi connectivity index (χ4n) is 0.937. The highest BCUT2D eigenvalue weighted by Gasteiger charge is 2.19. The second kappa shape index (κ2) is 4.14. The van der Waals surface area contributed by atoms with Crippen LogP contribution in [0.25, 0.3) is 0 Å². The van der Waals surface area contributed by atoms with Gasteiger partial charge >= 0.3 is 0 Å². The predicted octanol–water partition coefficient (Wildman–Crippen LogP) is 2.28. The fourth-order valence-corrected chi connectivity index (χ4v) is 1.13. The third kappa shape index (κ3) is 4.07. The van der Waals surface area contributed by atoms with Gasteiger partial charge in [-0.2, -0.15) is 0 Å². The van der Waals surface area contributed by atoms with E-state index in [1.807, 2.05) is 0 Å². The van der Waals surface area contributed by atoms with E-state index in [-0.39, 0.29) is 0 Å². The van der Waals surface area contributed by atoms with Gasteiger partial charge in [0.2, 0.25) is 0 Å². The highest BCUT2D eigenvalue weighted by atomic mass is 79.9. The van der Waals surface area contributed by atoms with E-state index in [9.17, 15) is 0 Å². The third-order valence-corrected chi connectivity index (χ3v) is 2.02. The van der Waals surface area contributed by atoms with Gasteiger partial charge < -0.3 is 5.32 Å². The molecule has 0 aliphatic heterocycles. The van der Waals surface area contributed by atoms with Crippen LogP contribution in [0.2, 0.25) is 0 Å². The molecule has 1 fully saturated rings. The van der Waals surface area contributed by atoms with E-state index in [0.717, 1.165) is 23.5 Å². The Morgan fingerprint density at radius 3 is 2.80 bits per heavy atom. The Labute approximate surface area is 71.0 Å². The Bertz CT molecular complexity index is 118. The van der Waals surface area contributed by atoms with Crippen molar-refractivity contribution in [3.8, 4) is 0 Å². The van der Waals surface area contributed by atoms with Gasteiger partial charge in [0.15, 0.2) is 0 Å². The Morgan fingerprint density at radius 2 is 2.30 bits per heavy atom. The van der Waals surface area contributed by atoms with Crippen LogP contribution in [0.1, 0.15) is 19.3 Å². The number of halogens is 1. The van der Waals surface area contributed by atoms with Crippen molar-refractivity contribution in [2.75, 3.05) is 13.1 Å². The fraction of sp³-hybridized carbons (Fsp3) is 0.750. The van der Waals surface area contributed by atoms with Crippen LogP contribution < -0.4 is 5.32 Å². The van der Waals surface area contributed by atoms with Gasteiger partial charge in [0.25, 0.3) is 0 Å². The summed E-state index contributed by atoms with van der Waals surface area (Å²) in [5.74, 6) is 1.04. The molecular formula is C8H14BrN. The monoisotopic (exact) mass is 203 g/mol. The zero-order valence-corrected chi connectivity index (χ0v) is 7.78. The molecule has 0 amide bonds. The summed E-state index contributed by atoms with van der Waals surface area (Å²) >= 11 is 3.30. The van der Waals surface area contributed by atoms with Crippen LogP contribution in [0.5, 0.6) is 0 Å². The first kappa shape index (κ1) is 8.28. The molecule has 0 aromatic carbocycles. The summed E-state index contributed by atoms with van der Waals surface area (Å²) in [6.07, 6.45) is 4.26. The summed E-state index contributed by atoms with van der Waals surface area (Å²) in [4.78, 5) is 0. The summed E-state index contributed by atoms with van der Waals surface area (Å²) in [5.41, 5.74) is 0. The predicted molar refractivity (Wildman–Crippen MR) is 48.3 cm³/mol. The van der Waals surface area contributed by atoms with E-state index in [1.54, 1.807) is 0 Å². The molecule has 1 saturated carbocycles. The lowest BCUT2D eigenvalue weighted by atomic mass is 10.3. The number of hydrogen-bond acceptors (Lipinski definition) is 1. The van der Waals surface area contributed by atoms with Gasteiger partial charge in [0, 0.05) is 11.0 Å². The van der Waals surface area contributed by atoms with Gasteiger partial charge in [0.1, 0.15) is 0 Å². The van der Waals surface area contributed by atoms with Gasteiger partial charge in [-0.15, -0.1) is 0 Å². The lowest BCUT2D eigenvalue weighted by molar-refractivity contribution is 0.643. The normalized spacial score (nSPS) is 17.3. The smallest absolute Gasteiger partial charge is 0.0265 e. The maximum atomic E-state index is 3.74. The standard InChI is InChI=1S/C8H14BrN/c1-7(9)6-10-5-4-8-2-3-8/h8,10H,1-6H2. The lowest BCUT2D eigenvalue weighted by Gasteiger charge is -2.00. The van der Waals surface area contributed by atoms with Crippen LogP contribution in [0.4, 0.5) is 0 Å². The molecule has 2 heteroatoms. The van der Waals surface area contributed by atoms with E-state index in [0.29, 0.717) is 0 Å². The van der Waals surface area contributed by atoms with E-state index in [2.05, 4.69) is 27.8 Å². The van der Waals surface area contributed by atoms with E-state index in [1.165, 1.54) is 19.3 Å². The first-order chi connectivity index (χ1) is 4.79. The zero-order valence-electron chi connectivity index (χ0n) is 6.20. The van der Waals surface area contributed by atoms with Crippen LogP contribution in [-0.4, -0.2) is 13.1 Å². The summed E-state index contributed by atoms with van der Waals surface area (Å²) in [6, 6.07) is 0. The molecule has 1 aliphatic carbocycles. The zero-order chi connectivity index (χ0) is 7.40. The van der Waals surface area contributed by atoms with Crippen molar-refractivity contribution in [2.45, 2.75) is 19.3 Å². The summed E-state index contributed by atoms with van der Waals surface area (Å²) < 4.78 is 1.04. The molecule has 1 aliphatic rings. The maximum absolute atomic E-state index is 3.74. The second-order valence-corrected chi connectivity index (χ2v) is 4.05. The SMILES string of the molecule is C=C(Br)CNCCC1CC1. The Morgan fingerprint density at radius 1 is 1.60 bits per heavy atom. The maximum Gasteiger partial charge on any atom is 0.0265 e. The molecule has 1 nitrogen and oxygen atoms in total. The Kier molecular flexibility index (Phi) is 3.43. The van der Waals surface area contributed by atoms with Crippen LogP contribution >= 0.6 is 15.9 Å². The number of hydrogen-bond donors (Lipinski definition) is 1. The average molecular weight is 204 g/mol. The molecular weight excluding hydrogens is 190 g/mol. The van der Waals surface area contributed by atoms with Crippen molar-refractivity contribution in [3.63, 3.8) is 0 Å². The van der Waals surface area contributed by atoms with Crippen molar-refractivity contribution in [1.29, 1.82) is 0 Å². The van der Waals surface area contributed by atoms with Gasteiger partial charge in [-0.25, -0.2) is 0 Å². The summed E-state index contributed by atoms with van der Waals surface area (Å²) in [6.45, 7) is 5.80. The van der Waals surface area contributed by atoms with Crippen LogP contribution in [0, 0.1) is 5.92 Å². The van der Waals surface area contributed by atoms with Gasteiger partial charge in [-0.3, -0.25) is 0 Å². The van der Waals surface area contributed by atoms with E-state index < -0.39 is 0 Å². The van der Waals surface area contributed by atoms with Crippen LogP contribution in [0.15, 0.2) is 11.1 Å². The molecule has 0 radical (unpaired) electrons. The van der Waals surface area contributed by atoms with E-state index in [4.69, 9.17) is 0 Å². The van der Waals surface area contributed by atoms with Gasteiger partial charge in [-0.05, 0) is 18.9 Å². The lowest BCUT2D eigenvalue weighted by Crippen LogP contribution is -2.16. The molecule has 0 aromatic heterocycles. The van der Waals surface area contributed by atoms with Gasteiger partial charge in [0.05, 0.1) is 0 Å². The average Bonchev–Trinajstić information content (AvgIpc) is 2.62. The topological polar surface area (TPSA) is 12.0 Å². The summed E-state index contributed by atoms with van der Waals surface area (Å²) in [7, 11) is 0. The minimum atomic E-state index is 0.909. The summed E-state index contributed by atoms with van der Waals surface area (Å²) in [5, 5.41) is 3.31.